The minimum Gasteiger partial charge on any atom is -0.463 e. The number of benzene rings is 1. The van der Waals surface area contributed by atoms with E-state index in [1.165, 1.54) is 20.8 Å². The zero-order valence-corrected chi connectivity index (χ0v) is 26.8. The lowest BCUT2D eigenvalue weighted by atomic mass is 9.43. The largest absolute Gasteiger partial charge is 0.463 e. The van der Waals surface area contributed by atoms with Crippen molar-refractivity contribution in [1.82, 2.24) is 0 Å². The molecule has 4 saturated carbocycles. The highest BCUT2D eigenvalue weighted by molar-refractivity contribution is 5.95. The molecule has 0 radical (unpaired) electrons. The topological polar surface area (TPSA) is 96.0 Å². The maximum absolute atomic E-state index is 13.0. The Kier molecular flexibility index (Phi) is 9.12. The Hall–Kier alpha value is -2.70. The molecule has 0 unspecified atom stereocenters. The molecule has 0 bridgehead atoms. The van der Waals surface area contributed by atoms with Crippen LogP contribution in [0, 0.1) is 46.3 Å². The van der Waals surface area contributed by atoms with E-state index < -0.39 is 0 Å². The molecule has 0 saturated heterocycles. The number of rotatable bonds is 8. The monoisotopic (exact) mass is 594 g/mol. The summed E-state index contributed by atoms with van der Waals surface area (Å²) in [6.07, 6.45) is 6.74. The zero-order chi connectivity index (χ0) is 31.1. The lowest BCUT2D eigenvalue weighted by molar-refractivity contribution is -0.224. The van der Waals surface area contributed by atoms with Crippen LogP contribution < -0.4 is 0 Å². The number of ketones is 1. The highest BCUT2D eigenvalue weighted by atomic mass is 16.6. The number of carbonyl (C=O) groups is 4. The van der Waals surface area contributed by atoms with Gasteiger partial charge in [0.1, 0.15) is 18.3 Å². The molecule has 1 aromatic carbocycles. The summed E-state index contributed by atoms with van der Waals surface area (Å²) < 4.78 is 18.1. The van der Waals surface area contributed by atoms with Gasteiger partial charge < -0.3 is 14.2 Å². The van der Waals surface area contributed by atoms with Gasteiger partial charge in [-0.3, -0.25) is 19.2 Å². The Labute approximate surface area is 256 Å². The lowest BCUT2D eigenvalue weighted by Gasteiger charge is -2.64. The highest BCUT2D eigenvalue weighted by Gasteiger charge is 2.67. The van der Waals surface area contributed by atoms with E-state index in [0.717, 1.165) is 56.9 Å². The van der Waals surface area contributed by atoms with E-state index in [9.17, 15) is 19.2 Å². The Balaban J connectivity index is 1.44. The molecule has 0 spiro atoms. The maximum Gasteiger partial charge on any atom is 0.302 e. The highest BCUT2D eigenvalue weighted by Crippen LogP contribution is 2.69. The predicted octanol–water partition coefficient (Wildman–Crippen LogP) is 6.96. The van der Waals surface area contributed by atoms with Crippen LogP contribution >= 0.6 is 0 Å². The fourth-order valence-corrected chi connectivity index (χ4v) is 10.4. The summed E-state index contributed by atoms with van der Waals surface area (Å²) in [5, 5.41) is 0. The lowest BCUT2D eigenvalue weighted by Crippen LogP contribution is -2.63. The summed E-state index contributed by atoms with van der Waals surface area (Å²) in [5.41, 5.74) is 0.448. The summed E-state index contributed by atoms with van der Waals surface area (Å²) in [6, 6.07) is 9.48. The van der Waals surface area contributed by atoms with Crippen molar-refractivity contribution in [2.24, 2.45) is 46.3 Å². The summed E-state index contributed by atoms with van der Waals surface area (Å²) >= 11 is 0. The number of carbonyl (C=O) groups excluding carboxylic acids is 4. The van der Waals surface area contributed by atoms with Crippen molar-refractivity contribution in [3.8, 4) is 0 Å². The van der Waals surface area contributed by atoms with E-state index in [1.54, 1.807) is 0 Å². The third kappa shape index (κ3) is 6.02. The van der Waals surface area contributed by atoms with Crippen LogP contribution in [0.4, 0.5) is 0 Å². The van der Waals surface area contributed by atoms with Gasteiger partial charge in [-0.1, -0.05) is 51.1 Å². The molecule has 0 amide bonds. The van der Waals surface area contributed by atoms with Crippen molar-refractivity contribution in [2.75, 3.05) is 0 Å². The minimum absolute atomic E-state index is 0.0243. The summed E-state index contributed by atoms with van der Waals surface area (Å²) in [7, 11) is 0. The Morgan fingerprint density at radius 3 is 2.16 bits per heavy atom. The summed E-state index contributed by atoms with van der Waals surface area (Å²) in [4.78, 5) is 49.8. The number of hydrogen-bond acceptors (Lipinski definition) is 7. The zero-order valence-electron chi connectivity index (χ0n) is 26.8. The molecule has 7 heteroatoms. The normalized spacial score (nSPS) is 38.9. The van der Waals surface area contributed by atoms with Gasteiger partial charge in [-0.05, 0) is 86.4 Å². The third-order valence-corrected chi connectivity index (χ3v) is 12.3. The van der Waals surface area contributed by atoms with Crippen molar-refractivity contribution in [2.45, 2.75) is 118 Å². The van der Waals surface area contributed by atoms with Crippen molar-refractivity contribution in [3.63, 3.8) is 0 Å². The van der Waals surface area contributed by atoms with Crippen molar-refractivity contribution in [1.29, 1.82) is 0 Å². The van der Waals surface area contributed by atoms with Crippen LogP contribution in [-0.4, -0.2) is 42.0 Å². The molecule has 43 heavy (non-hydrogen) atoms. The molecule has 5 rings (SSSR count). The van der Waals surface area contributed by atoms with Gasteiger partial charge in [0, 0.05) is 44.1 Å². The first-order valence-corrected chi connectivity index (χ1v) is 16.4. The Morgan fingerprint density at radius 2 is 1.51 bits per heavy atom. The fourth-order valence-electron chi connectivity index (χ4n) is 10.4. The van der Waals surface area contributed by atoms with E-state index in [2.05, 4.69) is 20.8 Å². The first-order valence-electron chi connectivity index (χ1n) is 16.4. The van der Waals surface area contributed by atoms with Gasteiger partial charge in [-0.2, -0.15) is 0 Å². The predicted molar refractivity (Wildman–Crippen MR) is 162 cm³/mol. The van der Waals surface area contributed by atoms with Gasteiger partial charge in [0.25, 0.3) is 0 Å². The molecule has 0 aromatic heterocycles. The van der Waals surface area contributed by atoms with Gasteiger partial charge in [-0.15, -0.1) is 0 Å². The first-order chi connectivity index (χ1) is 20.3. The molecule has 7 nitrogen and oxygen atoms in total. The quantitative estimate of drug-likeness (QED) is 0.182. The van der Waals surface area contributed by atoms with E-state index >= 15 is 0 Å². The molecule has 4 fully saturated rings. The number of ether oxygens (including phenoxy) is 3. The van der Waals surface area contributed by atoms with Crippen LogP contribution in [0.1, 0.15) is 110 Å². The standard InChI is InChI=1S/C36H50O7/c1-21(12-15-31(40)25-10-8-7-9-11-25)28-13-14-29-34-30(20-33(36(28,29)6)43-24(4)39)35(5)17-16-27(41-22(2)37)18-26(35)19-32(34)42-23(3)38/h7-11,21,26-30,32-34H,12-20H2,1-6H3/t21-,26+,27-,28-,29+,30+,32-,33+,34+,35+,36-/m1/s1. The van der Waals surface area contributed by atoms with Gasteiger partial charge >= 0.3 is 17.9 Å². The van der Waals surface area contributed by atoms with E-state index in [0.29, 0.717) is 6.42 Å². The summed E-state index contributed by atoms with van der Waals surface area (Å²) in [6.45, 7) is 11.4. The van der Waals surface area contributed by atoms with Gasteiger partial charge in [0.2, 0.25) is 0 Å². The average Bonchev–Trinajstić information content (AvgIpc) is 3.30. The minimum atomic E-state index is -0.279. The maximum atomic E-state index is 13.0. The molecule has 0 N–H and O–H groups in total. The number of hydrogen-bond donors (Lipinski definition) is 0. The first kappa shape index (κ1) is 31.7. The van der Waals surface area contributed by atoms with Crippen molar-refractivity contribution in [3.05, 3.63) is 35.9 Å². The van der Waals surface area contributed by atoms with Crippen LogP contribution in [0.5, 0.6) is 0 Å². The van der Waals surface area contributed by atoms with Gasteiger partial charge in [0.05, 0.1) is 0 Å². The second kappa shape index (κ2) is 12.4. The van der Waals surface area contributed by atoms with Crippen molar-refractivity contribution < 1.29 is 33.4 Å². The van der Waals surface area contributed by atoms with Crippen LogP contribution in [0.15, 0.2) is 30.3 Å². The smallest absolute Gasteiger partial charge is 0.302 e. The Morgan fingerprint density at radius 1 is 0.837 bits per heavy atom. The molecule has 11 atom stereocenters. The molecule has 0 heterocycles. The number of esters is 3. The molecular formula is C36H50O7. The van der Waals surface area contributed by atoms with Crippen LogP contribution in [0.2, 0.25) is 0 Å². The molecular weight excluding hydrogens is 544 g/mol. The van der Waals surface area contributed by atoms with E-state index in [4.69, 9.17) is 14.2 Å². The molecule has 4 aliphatic carbocycles. The Bertz CT molecular complexity index is 1210. The molecule has 0 aliphatic heterocycles. The summed E-state index contributed by atoms with van der Waals surface area (Å²) in [5.74, 6) is 0.849. The van der Waals surface area contributed by atoms with Crippen molar-refractivity contribution >= 4 is 23.7 Å². The van der Waals surface area contributed by atoms with Crippen LogP contribution in [-0.2, 0) is 28.6 Å². The van der Waals surface area contributed by atoms with E-state index in [1.807, 2.05) is 30.3 Å². The van der Waals surface area contributed by atoms with E-state index in [-0.39, 0.29) is 88.3 Å². The fraction of sp³-hybridized carbons (Fsp3) is 0.722. The van der Waals surface area contributed by atoms with Crippen LogP contribution in [0.3, 0.4) is 0 Å². The second-order valence-electron chi connectivity index (χ2n) is 14.6. The SMILES string of the molecule is CC(=O)O[C@@H]1CC[C@@]2(C)[C@@H](C1)C[C@@H](OC(C)=O)[C@@H]1[C@@H]2C[C@H](OC(C)=O)[C@]2(C)[C@@H]([C@H](C)CCC(=O)c3ccccc3)CC[C@@H]12. The molecule has 236 valence electrons. The average molecular weight is 595 g/mol. The molecule has 1 aromatic rings. The second-order valence-corrected chi connectivity index (χ2v) is 14.6. The van der Waals surface area contributed by atoms with Gasteiger partial charge in [-0.25, -0.2) is 0 Å². The van der Waals surface area contributed by atoms with Crippen LogP contribution in [0.25, 0.3) is 0 Å². The van der Waals surface area contributed by atoms with Gasteiger partial charge in [0.15, 0.2) is 5.78 Å². The third-order valence-electron chi connectivity index (χ3n) is 12.3. The molecule has 4 aliphatic rings. The number of Topliss-reactive ketones (excluding diaryl/α,β-unsaturated/α-hetero) is 1. The number of fused-ring (bicyclic) bond motifs is 5.